The highest BCUT2D eigenvalue weighted by atomic mass is 16.5. The maximum Gasteiger partial charge on any atom is 0.0487 e. The number of rotatable bonds is 19. The van der Waals surface area contributed by atoms with Crippen molar-refractivity contribution in [1.82, 2.24) is 0 Å². The van der Waals surface area contributed by atoms with E-state index in [0.717, 1.165) is 13.0 Å². The van der Waals surface area contributed by atoms with Gasteiger partial charge in [-0.1, -0.05) is 76.9 Å². The van der Waals surface area contributed by atoms with Crippen molar-refractivity contribution < 1.29 is 9.84 Å². The Balaban J connectivity index is 3.02. The van der Waals surface area contributed by atoms with Gasteiger partial charge in [-0.3, -0.25) is 0 Å². The molecule has 138 valence electrons. The van der Waals surface area contributed by atoms with Crippen LogP contribution in [0, 0.1) is 0 Å². The molecule has 0 saturated carbocycles. The summed E-state index contributed by atoms with van der Waals surface area (Å²) in [4.78, 5) is 0. The van der Waals surface area contributed by atoms with E-state index in [0.29, 0.717) is 6.61 Å². The van der Waals surface area contributed by atoms with E-state index in [4.69, 9.17) is 9.84 Å². The lowest BCUT2D eigenvalue weighted by atomic mass is 10.1. The molecular weight excluding hydrogens is 284 g/mol. The summed E-state index contributed by atoms with van der Waals surface area (Å²) in [5, 5.41) is 8.63. The van der Waals surface area contributed by atoms with Gasteiger partial charge in [-0.2, -0.15) is 0 Å². The monoisotopic (exact) mass is 326 g/mol. The van der Waals surface area contributed by atoms with Crippen LogP contribution in [0.25, 0.3) is 0 Å². The molecule has 1 N–H and O–H groups in total. The zero-order chi connectivity index (χ0) is 16.8. The number of hydrogen-bond acceptors (Lipinski definition) is 2. The van der Waals surface area contributed by atoms with Crippen LogP contribution in [-0.2, 0) is 4.74 Å². The number of unbranched alkanes of at least 4 members (excludes halogenated alkanes) is 12. The lowest BCUT2D eigenvalue weighted by molar-refractivity contribution is 0.112. The Morgan fingerprint density at radius 2 is 1.09 bits per heavy atom. The van der Waals surface area contributed by atoms with Crippen molar-refractivity contribution in [2.75, 3.05) is 19.8 Å². The zero-order valence-corrected chi connectivity index (χ0v) is 15.7. The molecule has 0 aromatic rings. The fourth-order valence-electron chi connectivity index (χ4n) is 2.72. The van der Waals surface area contributed by atoms with E-state index in [9.17, 15) is 0 Å². The van der Waals surface area contributed by atoms with Crippen molar-refractivity contribution in [2.45, 2.75) is 103 Å². The molecule has 2 nitrogen and oxygen atoms in total. The highest BCUT2D eigenvalue weighted by Crippen LogP contribution is 2.09. The average molecular weight is 327 g/mol. The van der Waals surface area contributed by atoms with Gasteiger partial charge in [0.2, 0.25) is 0 Å². The molecule has 0 atom stereocenters. The smallest absolute Gasteiger partial charge is 0.0487 e. The van der Waals surface area contributed by atoms with Crippen LogP contribution in [0.4, 0.5) is 0 Å². The molecule has 23 heavy (non-hydrogen) atoms. The molecule has 0 bridgehead atoms. The summed E-state index contributed by atoms with van der Waals surface area (Å²) in [6, 6.07) is 0. The molecule has 0 saturated heterocycles. The number of hydrogen-bond donors (Lipinski definition) is 1. The number of allylic oxidation sites excluding steroid dienone is 2. The van der Waals surface area contributed by atoms with Crippen molar-refractivity contribution in [3.8, 4) is 0 Å². The molecule has 0 heterocycles. The van der Waals surface area contributed by atoms with Crippen LogP contribution in [0.2, 0.25) is 0 Å². The summed E-state index contributed by atoms with van der Waals surface area (Å²) in [5.41, 5.74) is 0. The molecule has 0 aromatic heterocycles. The Morgan fingerprint density at radius 1 is 0.609 bits per heavy atom. The van der Waals surface area contributed by atoms with E-state index >= 15 is 0 Å². The maximum absolute atomic E-state index is 8.63. The summed E-state index contributed by atoms with van der Waals surface area (Å²) < 4.78 is 5.42. The highest BCUT2D eigenvalue weighted by Gasteiger charge is 1.92. The van der Waals surface area contributed by atoms with Crippen LogP contribution in [0.15, 0.2) is 12.2 Å². The van der Waals surface area contributed by atoms with Crippen LogP contribution in [0.1, 0.15) is 103 Å². The minimum atomic E-state index is 0.243. The van der Waals surface area contributed by atoms with Crippen molar-refractivity contribution in [3.05, 3.63) is 12.2 Å². The Morgan fingerprint density at radius 3 is 1.65 bits per heavy atom. The van der Waals surface area contributed by atoms with Gasteiger partial charge in [0.1, 0.15) is 0 Å². The van der Waals surface area contributed by atoms with Crippen LogP contribution in [-0.4, -0.2) is 24.9 Å². The molecule has 0 aliphatic rings. The van der Waals surface area contributed by atoms with Crippen LogP contribution < -0.4 is 0 Å². The molecule has 0 spiro atoms. The summed E-state index contributed by atoms with van der Waals surface area (Å²) in [6.45, 7) is 4.09. The van der Waals surface area contributed by atoms with Crippen molar-refractivity contribution in [2.24, 2.45) is 0 Å². The topological polar surface area (TPSA) is 29.5 Å². The fraction of sp³-hybridized carbons (Fsp3) is 0.905. The van der Waals surface area contributed by atoms with Gasteiger partial charge in [-0.25, -0.2) is 0 Å². The molecule has 0 aliphatic carbocycles. The second-order valence-electron chi connectivity index (χ2n) is 6.63. The van der Waals surface area contributed by atoms with Crippen LogP contribution in [0.3, 0.4) is 0 Å². The number of aliphatic hydroxyl groups excluding tert-OH is 1. The number of ether oxygens (including phenoxy) is 1. The van der Waals surface area contributed by atoms with E-state index in [-0.39, 0.29) is 6.61 Å². The first-order chi connectivity index (χ1) is 11.4. The number of aliphatic hydroxyl groups is 1. The van der Waals surface area contributed by atoms with Gasteiger partial charge < -0.3 is 9.84 Å². The molecule has 2 heteroatoms. The van der Waals surface area contributed by atoms with Gasteiger partial charge in [0.15, 0.2) is 0 Å². The predicted molar refractivity (Wildman–Crippen MR) is 102 cm³/mol. The highest BCUT2D eigenvalue weighted by molar-refractivity contribution is 4.81. The van der Waals surface area contributed by atoms with Gasteiger partial charge in [-0.15, -0.1) is 0 Å². The van der Waals surface area contributed by atoms with E-state index in [1.165, 1.54) is 89.9 Å². The quantitative estimate of drug-likeness (QED) is 0.219. The molecule has 0 aliphatic heterocycles. The largest absolute Gasteiger partial charge is 0.396 e. The van der Waals surface area contributed by atoms with Gasteiger partial charge in [0.25, 0.3) is 0 Å². The minimum absolute atomic E-state index is 0.243. The SMILES string of the molecule is CCCCCCCCC=CCCCCCCCCOCCCO. The van der Waals surface area contributed by atoms with Gasteiger partial charge >= 0.3 is 0 Å². The van der Waals surface area contributed by atoms with E-state index in [1.54, 1.807) is 0 Å². The second-order valence-corrected chi connectivity index (χ2v) is 6.63. The summed E-state index contributed by atoms with van der Waals surface area (Å²) in [7, 11) is 0. The first kappa shape index (κ1) is 22.7. The molecule has 0 amide bonds. The van der Waals surface area contributed by atoms with Crippen molar-refractivity contribution in [1.29, 1.82) is 0 Å². The van der Waals surface area contributed by atoms with Crippen molar-refractivity contribution in [3.63, 3.8) is 0 Å². The zero-order valence-electron chi connectivity index (χ0n) is 15.7. The first-order valence-electron chi connectivity index (χ1n) is 10.3. The molecule has 0 radical (unpaired) electrons. The summed E-state index contributed by atoms with van der Waals surface area (Å²) >= 11 is 0. The summed E-state index contributed by atoms with van der Waals surface area (Å²) in [6.07, 6.45) is 24.4. The molecule has 0 fully saturated rings. The lowest BCUT2D eigenvalue weighted by Crippen LogP contribution is -1.98. The Kier molecular flexibility index (Phi) is 21.3. The lowest BCUT2D eigenvalue weighted by Gasteiger charge is -2.03. The van der Waals surface area contributed by atoms with Gasteiger partial charge in [-0.05, 0) is 38.5 Å². The Bertz CT molecular complexity index is 226. The van der Waals surface area contributed by atoms with E-state index in [1.807, 2.05) is 0 Å². The van der Waals surface area contributed by atoms with Crippen molar-refractivity contribution >= 4 is 0 Å². The minimum Gasteiger partial charge on any atom is -0.396 e. The van der Waals surface area contributed by atoms with Crippen LogP contribution >= 0.6 is 0 Å². The third-order valence-corrected chi connectivity index (χ3v) is 4.25. The van der Waals surface area contributed by atoms with E-state index in [2.05, 4.69) is 19.1 Å². The standard InChI is InChI=1S/C21H42O2/c1-2-3-4-5-6-7-8-9-10-11-12-13-14-15-16-17-20-23-21-18-19-22/h9-10,22H,2-8,11-21H2,1H3. The van der Waals surface area contributed by atoms with Gasteiger partial charge in [0, 0.05) is 19.8 Å². The predicted octanol–water partition coefficient (Wildman–Crippen LogP) is 6.42. The molecule has 0 rings (SSSR count). The Hall–Kier alpha value is -0.340. The normalized spacial score (nSPS) is 11.6. The molecular formula is C21H42O2. The maximum atomic E-state index is 8.63. The van der Waals surface area contributed by atoms with E-state index < -0.39 is 0 Å². The van der Waals surface area contributed by atoms with Crippen LogP contribution in [0.5, 0.6) is 0 Å². The summed E-state index contributed by atoms with van der Waals surface area (Å²) in [5.74, 6) is 0. The second kappa shape index (κ2) is 21.7. The fourth-order valence-corrected chi connectivity index (χ4v) is 2.72. The Labute approximate surface area is 145 Å². The molecule has 0 aromatic carbocycles. The molecule has 0 unspecified atom stereocenters. The first-order valence-corrected chi connectivity index (χ1v) is 10.3. The third-order valence-electron chi connectivity index (χ3n) is 4.25. The third kappa shape index (κ3) is 21.7. The average Bonchev–Trinajstić information content (AvgIpc) is 2.57. The van der Waals surface area contributed by atoms with Gasteiger partial charge in [0.05, 0.1) is 0 Å².